The summed E-state index contributed by atoms with van der Waals surface area (Å²) in [5, 5.41) is 1.93. The maximum atomic E-state index is 12.3. The fraction of sp³-hybridized carbons (Fsp3) is 0.583. The molecule has 0 unspecified atom stereocenters. The summed E-state index contributed by atoms with van der Waals surface area (Å²) in [6.07, 6.45) is 1.06. The normalized spacial score (nSPS) is 20.1. The summed E-state index contributed by atoms with van der Waals surface area (Å²) in [5.74, 6) is 1.20. The number of rotatable bonds is 1. The van der Waals surface area contributed by atoms with E-state index in [2.05, 4.69) is 29.8 Å². The number of thiophene rings is 1. The van der Waals surface area contributed by atoms with Gasteiger partial charge in [-0.25, -0.2) is 0 Å². The molecule has 2 rings (SSSR count). The molecule has 2 nitrogen and oxygen atoms in total. The fourth-order valence-corrected chi connectivity index (χ4v) is 4.06. The second-order valence-electron chi connectivity index (χ2n) is 4.79. The van der Waals surface area contributed by atoms with Crippen LogP contribution in [-0.2, 0) is 0 Å². The van der Waals surface area contributed by atoms with Crippen molar-refractivity contribution in [2.24, 2.45) is 0 Å². The van der Waals surface area contributed by atoms with E-state index in [1.807, 2.05) is 28.1 Å². The van der Waals surface area contributed by atoms with Crippen LogP contribution >= 0.6 is 39.0 Å². The van der Waals surface area contributed by atoms with Gasteiger partial charge in [-0.05, 0) is 28.4 Å². The van der Waals surface area contributed by atoms with E-state index < -0.39 is 0 Å². The van der Waals surface area contributed by atoms with Gasteiger partial charge >= 0.3 is 0 Å². The Morgan fingerprint density at radius 1 is 1.47 bits per heavy atom. The van der Waals surface area contributed by atoms with Crippen molar-refractivity contribution in [3.05, 3.63) is 20.8 Å². The Balaban J connectivity index is 2.05. The first-order chi connectivity index (χ1) is 7.98. The summed E-state index contributed by atoms with van der Waals surface area (Å²) < 4.78 is 1.31. The Hall–Kier alpha value is -0.000000000000000111. The van der Waals surface area contributed by atoms with Crippen LogP contribution in [0.15, 0.2) is 15.2 Å². The third kappa shape index (κ3) is 3.48. The van der Waals surface area contributed by atoms with Gasteiger partial charge in [-0.2, -0.15) is 11.8 Å². The molecular formula is C12H16BrNOS2. The molecular weight excluding hydrogens is 318 g/mol. The summed E-state index contributed by atoms with van der Waals surface area (Å²) in [6, 6.07) is 1.91. The van der Waals surface area contributed by atoms with Gasteiger partial charge in [0.1, 0.15) is 0 Å². The zero-order valence-corrected chi connectivity index (χ0v) is 13.3. The van der Waals surface area contributed by atoms with Gasteiger partial charge in [-0.1, -0.05) is 13.8 Å². The van der Waals surface area contributed by atoms with Crippen molar-refractivity contribution in [3.63, 3.8) is 0 Å². The molecule has 1 aromatic rings. The Labute approximate surface area is 119 Å². The van der Waals surface area contributed by atoms with Gasteiger partial charge in [-0.15, -0.1) is 11.3 Å². The van der Waals surface area contributed by atoms with Gasteiger partial charge in [0, 0.05) is 29.0 Å². The highest BCUT2D eigenvalue weighted by atomic mass is 79.9. The molecule has 1 amide bonds. The van der Waals surface area contributed by atoms with E-state index >= 15 is 0 Å². The summed E-state index contributed by atoms with van der Waals surface area (Å²) in [6.45, 7) is 6.24. The van der Waals surface area contributed by atoms with Crippen molar-refractivity contribution in [3.8, 4) is 0 Å². The molecule has 5 heteroatoms. The number of nitrogens with zero attached hydrogens (tertiary/aromatic N) is 1. The number of thioether (sulfide) groups is 1. The highest BCUT2D eigenvalue weighted by molar-refractivity contribution is 9.11. The van der Waals surface area contributed by atoms with Crippen molar-refractivity contribution >= 4 is 44.9 Å². The lowest BCUT2D eigenvalue weighted by Crippen LogP contribution is -2.33. The summed E-state index contributed by atoms with van der Waals surface area (Å²) in [4.78, 5) is 14.3. The van der Waals surface area contributed by atoms with Crippen LogP contribution in [0, 0.1) is 0 Å². The minimum absolute atomic E-state index is 0.172. The smallest absolute Gasteiger partial charge is 0.254 e. The van der Waals surface area contributed by atoms with Crippen LogP contribution in [0.25, 0.3) is 0 Å². The Kier molecular flexibility index (Phi) is 4.21. The highest BCUT2D eigenvalue weighted by Gasteiger charge is 2.26. The molecule has 1 saturated heterocycles. The topological polar surface area (TPSA) is 20.3 Å². The summed E-state index contributed by atoms with van der Waals surface area (Å²) in [7, 11) is 0. The van der Waals surface area contributed by atoms with E-state index in [4.69, 9.17) is 0 Å². The molecule has 0 atom stereocenters. The molecule has 0 N–H and O–H groups in total. The van der Waals surface area contributed by atoms with Gasteiger partial charge in [0.05, 0.1) is 9.35 Å². The molecule has 1 aromatic heterocycles. The van der Waals surface area contributed by atoms with Crippen LogP contribution in [0.4, 0.5) is 0 Å². The highest BCUT2D eigenvalue weighted by Crippen LogP contribution is 2.31. The van der Waals surface area contributed by atoms with E-state index in [1.54, 1.807) is 11.3 Å². The van der Waals surface area contributed by atoms with Crippen LogP contribution in [0.2, 0.25) is 0 Å². The Bertz CT molecular complexity index is 416. The maximum absolute atomic E-state index is 12.3. The lowest BCUT2D eigenvalue weighted by atomic mass is 10.1. The summed E-state index contributed by atoms with van der Waals surface area (Å²) in [5.41, 5.74) is 0.812. The SMILES string of the molecule is CC1(C)CCN(C(=O)c2csc(Br)c2)CCS1. The van der Waals surface area contributed by atoms with E-state index in [0.29, 0.717) is 4.75 Å². The molecule has 0 radical (unpaired) electrons. The zero-order chi connectivity index (χ0) is 12.5. The number of hydrogen-bond donors (Lipinski definition) is 0. The summed E-state index contributed by atoms with van der Waals surface area (Å²) >= 11 is 6.93. The van der Waals surface area contributed by atoms with Crippen LogP contribution in [0.5, 0.6) is 0 Å². The van der Waals surface area contributed by atoms with Crippen LogP contribution in [-0.4, -0.2) is 34.4 Å². The number of hydrogen-bond acceptors (Lipinski definition) is 3. The molecule has 94 valence electrons. The third-order valence-electron chi connectivity index (χ3n) is 2.94. The largest absolute Gasteiger partial charge is 0.338 e. The fourth-order valence-electron chi connectivity index (χ4n) is 1.83. The van der Waals surface area contributed by atoms with E-state index in [9.17, 15) is 4.79 Å². The van der Waals surface area contributed by atoms with Gasteiger partial charge < -0.3 is 4.90 Å². The molecule has 1 fully saturated rings. The molecule has 0 aliphatic carbocycles. The maximum Gasteiger partial charge on any atom is 0.254 e. The average molecular weight is 334 g/mol. The van der Waals surface area contributed by atoms with Crippen molar-refractivity contribution in [2.75, 3.05) is 18.8 Å². The van der Waals surface area contributed by atoms with Crippen LogP contribution in [0.1, 0.15) is 30.6 Å². The lowest BCUT2D eigenvalue weighted by Gasteiger charge is -2.22. The number of carbonyl (C=O) groups is 1. The predicted molar refractivity (Wildman–Crippen MR) is 79.1 cm³/mol. The van der Waals surface area contributed by atoms with Crippen LogP contribution in [0.3, 0.4) is 0 Å². The van der Waals surface area contributed by atoms with Crippen molar-refractivity contribution in [1.82, 2.24) is 4.90 Å². The first-order valence-corrected chi connectivity index (χ1v) is 8.31. The Morgan fingerprint density at radius 2 is 2.24 bits per heavy atom. The predicted octanol–water partition coefficient (Wildman–Crippen LogP) is 3.87. The molecule has 0 spiro atoms. The zero-order valence-electron chi connectivity index (χ0n) is 10.0. The monoisotopic (exact) mass is 333 g/mol. The van der Waals surface area contributed by atoms with Crippen LogP contribution < -0.4 is 0 Å². The van der Waals surface area contributed by atoms with Crippen molar-refractivity contribution < 1.29 is 4.79 Å². The molecule has 0 saturated carbocycles. The van der Waals surface area contributed by atoms with Gasteiger partial charge in [-0.3, -0.25) is 4.79 Å². The first-order valence-electron chi connectivity index (χ1n) is 5.65. The number of amides is 1. The third-order valence-corrected chi connectivity index (χ3v) is 5.82. The van der Waals surface area contributed by atoms with Gasteiger partial charge in [0.25, 0.3) is 5.91 Å². The first kappa shape index (κ1) is 13.4. The lowest BCUT2D eigenvalue weighted by molar-refractivity contribution is 0.0765. The number of halogens is 1. The molecule has 1 aliphatic rings. The quantitative estimate of drug-likeness (QED) is 0.777. The second-order valence-corrected chi connectivity index (χ2v) is 8.88. The molecule has 2 heterocycles. The van der Waals surface area contributed by atoms with E-state index in [1.165, 1.54) is 0 Å². The van der Waals surface area contributed by atoms with Crippen molar-refractivity contribution in [1.29, 1.82) is 0 Å². The van der Waals surface area contributed by atoms with E-state index in [0.717, 1.165) is 34.6 Å². The second kappa shape index (κ2) is 5.33. The average Bonchev–Trinajstić information content (AvgIpc) is 2.60. The molecule has 0 bridgehead atoms. The molecule has 0 aromatic carbocycles. The minimum Gasteiger partial charge on any atom is -0.338 e. The Morgan fingerprint density at radius 3 is 2.88 bits per heavy atom. The van der Waals surface area contributed by atoms with Gasteiger partial charge in [0.15, 0.2) is 0 Å². The molecule has 1 aliphatic heterocycles. The van der Waals surface area contributed by atoms with E-state index in [-0.39, 0.29) is 5.91 Å². The number of carbonyl (C=O) groups excluding carboxylic acids is 1. The standard InChI is InChI=1S/C12H16BrNOS2/c1-12(2)3-4-14(5-6-17-12)11(15)9-7-10(13)16-8-9/h7-8H,3-6H2,1-2H3. The van der Waals surface area contributed by atoms with Gasteiger partial charge in [0.2, 0.25) is 0 Å². The van der Waals surface area contributed by atoms with Crippen molar-refractivity contribution in [2.45, 2.75) is 25.0 Å². The minimum atomic E-state index is 0.172. The molecule has 17 heavy (non-hydrogen) atoms.